The predicted octanol–water partition coefficient (Wildman–Crippen LogP) is -1.63. The lowest BCUT2D eigenvalue weighted by Gasteiger charge is -2.25. The summed E-state index contributed by atoms with van der Waals surface area (Å²) in [5.41, 5.74) is 11.2. The fraction of sp³-hybridized carbons (Fsp3) is 0.714. The number of carboxylic acid groups (broad SMARTS) is 3. The van der Waals surface area contributed by atoms with Crippen molar-refractivity contribution in [3.63, 3.8) is 0 Å². The minimum atomic E-state index is -1.60. The van der Waals surface area contributed by atoms with Crippen LogP contribution in [0.3, 0.4) is 0 Å². The number of rotatable bonds is 18. The molecule has 0 saturated carbocycles. The van der Waals surface area contributed by atoms with E-state index in [4.69, 9.17) is 21.7 Å². The summed E-state index contributed by atoms with van der Waals surface area (Å²) in [5, 5.41) is 34.2. The lowest BCUT2D eigenvalue weighted by Crippen LogP contribution is -2.57. The highest BCUT2D eigenvalue weighted by Gasteiger charge is 2.31. The molecule has 0 heterocycles. The number of carbonyl (C=O) groups is 6. The van der Waals surface area contributed by atoms with Crippen LogP contribution in [0.15, 0.2) is 0 Å². The predicted molar refractivity (Wildman–Crippen MR) is 123 cm³/mol. The van der Waals surface area contributed by atoms with Gasteiger partial charge in [0.2, 0.25) is 17.7 Å². The van der Waals surface area contributed by atoms with E-state index in [1.165, 1.54) is 0 Å². The first-order valence-electron chi connectivity index (χ1n) is 11.3. The maximum Gasteiger partial charge on any atom is 0.326 e. The molecule has 10 N–H and O–H groups in total. The Kier molecular flexibility index (Phi) is 14.9. The molecule has 0 aliphatic heterocycles. The van der Waals surface area contributed by atoms with Crippen LogP contribution in [0.4, 0.5) is 0 Å². The summed E-state index contributed by atoms with van der Waals surface area (Å²) in [7, 11) is 0. The van der Waals surface area contributed by atoms with Gasteiger partial charge in [-0.2, -0.15) is 0 Å². The quantitative estimate of drug-likeness (QED) is 0.0985. The third-order valence-corrected chi connectivity index (χ3v) is 4.92. The molecule has 14 heteroatoms. The maximum atomic E-state index is 12.8. The molecule has 0 saturated heterocycles. The van der Waals surface area contributed by atoms with Crippen LogP contribution in [0.1, 0.15) is 58.8 Å². The number of hydrogen-bond acceptors (Lipinski definition) is 8. The molecule has 0 radical (unpaired) electrons. The van der Waals surface area contributed by atoms with E-state index in [2.05, 4.69) is 16.0 Å². The Morgan fingerprint density at radius 3 is 1.77 bits per heavy atom. The van der Waals surface area contributed by atoms with E-state index in [1.807, 2.05) is 0 Å². The molecule has 0 spiro atoms. The summed E-state index contributed by atoms with van der Waals surface area (Å²) in [4.78, 5) is 71.5. The third kappa shape index (κ3) is 13.9. The van der Waals surface area contributed by atoms with E-state index >= 15 is 0 Å². The molecular weight excluding hydrogens is 466 g/mol. The standard InChI is InChI=1S/C21H37N5O9/c1-11(2)9-15(21(34)35)26-19(32)13(6-7-16(27)28)24-20(33)14(10-17(29)30)25-18(31)12(23)5-3-4-8-22/h11-15H,3-10,22-23H2,1-2H3,(H,24,33)(H,25,31)(H,26,32)(H,27,28)(H,29,30)(H,34,35)/t12-,13-,14-,15-/m0/s1. The zero-order valence-electron chi connectivity index (χ0n) is 20.0. The highest BCUT2D eigenvalue weighted by molar-refractivity contribution is 5.95. The van der Waals surface area contributed by atoms with E-state index in [0.717, 1.165) is 0 Å². The van der Waals surface area contributed by atoms with Crippen LogP contribution in [0, 0.1) is 5.92 Å². The third-order valence-electron chi connectivity index (χ3n) is 4.92. The molecule has 3 amide bonds. The molecule has 35 heavy (non-hydrogen) atoms. The number of nitrogens with one attached hydrogen (secondary N) is 3. The van der Waals surface area contributed by atoms with Crippen LogP contribution < -0.4 is 27.4 Å². The molecule has 14 nitrogen and oxygen atoms in total. The molecule has 0 aromatic heterocycles. The van der Waals surface area contributed by atoms with Crippen LogP contribution in [-0.4, -0.2) is 81.7 Å². The Labute approximate surface area is 203 Å². The van der Waals surface area contributed by atoms with Crippen molar-refractivity contribution in [1.29, 1.82) is 0 Å². The van der Waals surface area contributed by atoms with Crippen LogP contribution in [0.2, 0.25) is 0 Å². The van der Waals surface area contributed by atoms with Gasteiger partial charge in [0.1, 0.15) is 18.1 Å². The molecule has 4 atom stereocenters. The van der Waals surface area contributed by atoms with Crippen LogP contribution in [0.5, 0.6) is 0 Å². The van der Waals surface area contributed by atoms with Crippen molar-refractivity contribution < 1.29 is 44.1 Å². The number of carbonyl (C=O) groups excluding carboxylic acids is 3. The lowest BCUT2D eigenvalue weighted by atomic mass is 10.0. The molecular formula is C21H37N5O9. The number of hydrogen-bond donors (Lipinski definition) is 8. The molecule has 200 valence electrons. The van der Waals surface area contributed by atoms with Gasteiger partial charge in [-0.15, -0.1) is 0 Å². The Morgan fingerprint density at radius 1 is 0.743 bits per heavy atom. The Hall–Kier alpha value is -3.26. The van der Waals surface area contributed by atoms with Gasteiger partial charge in [-0.25, -0.2) is 4.79 Å². The molecule has 0 aromatic rings. The van der Waals surface area contributed by atoms with Gasteiger partial charge in [-0.05, 0) is 38.1 Å². The van der Waals surface area contributed by atoms with Gasteiger partial charge in [-0.1, -0.05) is 20.3 Å². The molecule has 0 bridgehead atoms. The largest absolute Gasteiger partial charge is 0.481 e. The SMILES string of the molecule is CC(C)C[C@H](NC(=O)[C@H](CCC(=O)O)NC(=O)[C@H](CC(=O)O)NC(=O)[C@@H](N)CCCCN)C(=O)O. The van der Waals surface area contributed by atoms with E-state index in [0.29, 0.717) is 19.4 Å². The first-order valence-corrected chi connectivity index (χ1v) is 11.3. The fourth-order valence-corrected chi connectivity index (χ4v) is 3.08. The monoisotopic (exact) mass is 503 g/mol. The van der Waals surface area contributed by atoms with Crippen molar-refractivity contribution in [1.82, 2.24) is 16.0 Å². The van der Waals surface area contributed by atoms with E-state index in [9.17, 15) is 33.9 Å². The van der Waals surface area contributed by atoms with Crippen molar-refractivity contribution in [2.24, 2.45) is 17.4 Å². The minimum absolute atomic E-state index is 0.0837. The molecule has 0 aliphatic carbocycles. The van der Waals surface area contributed by atoms with Gasteiger partial charge < -0.3 is 42.7 Å². The van der Waals surface area contributed by atoms with Crippen LogP contribution in [0.25, 0.3) is 0 Å². The molecule has 0 fully saturated rings. The highest BCUT2D eigenvalue weighted by atomic mass is 16.4. The molecule has 0 aromatic carbocycles. The zero-order valence-corrected chi connectivity index (χ0v) is 20.0. The van der Waals surface area contributed by atoms with Gasteiger partial charge in [0.05, 0.1) is 12.5 Å². The number of unbranched alkanes of at least 4 members (excludes halogenated alkanes) is 1. The summed E-state index contributed by atoms with van der Waals surface area (Å²) >= 11 is 0. The first-order chi connectivity index (χ1) is 16.3. The molecule has 0 aliphatic rings. The van der Waals surface area contributed by atoms with Crippen molar-refractivity contribution in [2.75, 3.05) is 6.54 Å². The Morgan fingerprint density at radius 2 is 1.29 bits per heavy atom. The second-order valence-corrected chi connectivity index (χ2v) is 8.57. The average molecular weight is 504 g/mol. The topological polar surface area (TPSA) is 251 Å². The molecule has 0 unspecified atom stereocenters. The smallest absolute Gasteiger partial charge is 0.326 e. The Bertz CT molecular complexity index is 759. The van der Waals surface area contributed by atoms with Gasteiger partial charge in [0.15, 0.2) is 0 Å². The second-order valence-electron chi connectivity index (χ2n) is 8.57. The number of nitrogens with two attached hydrogens (primary N) is 2. The lowest BCUT2D eigenvalue weighted by molar-refractivity contribution is -0.144. The van der Waals surface area contributed by atoms with Crippen molar-refractivity contribution >= 4 is 35.6 Å². The van der Waals surface area contributed by atoms with Crippen LogP contribution in [-0.2, 0) is 28.8 Å². The van der Waals surface area contributed by atoms with Gasteiger partial charge in [0, 0.05) is 6.42 Å². The van der Waals surface area contributed by atoms with Crippen molar-refractivity contribution in [2.45, 2.75) is 83.0 Å². The number of aliphatic carboxylic acids is 3. The maximum absolute atomic E-state index is 12.8. The van der Waals surface area contributed by atoms with Gasteiger partial charge >= 0.3 is 17.9 Å². The summed E-state index contributed by atoms with van der Waals surface area (Å²) in [6.45, 7) is 3.88. The van der Waals surface area contributed by atoms with E-state index in [-0.39, 0.29) is 18.8 Å². The van der Waals surface area contributed by atoms with E-state index in [1.54, 1.807) is 13.8 Å². The van der Waals surface area contributed by atoms with E-state index < -0.39 is 79.1 Å². The second kappa shape index (κ2) is 16.4. The van der Waals surface area contributed by atoms with Crippen molar-refractivity contribution in [3.8, 4) is 0 Å². The molecule has 0 rings (SSSR count). The fourth-order valence-electron chi connectivity index (χ4n) is 3.08. The first kappa shape index (κ1) is 31.7. The van der Waals surface area contributed by atoms with Crippen LogP contribution >= 0.6 is 0 Å². The Balaban J connectivity index is 5.52. The minimum Gasteiger partial charge on any atom is -0.481 e. The summed E-state index contributed by atoms with van der Waals surface area (Å²) in [6.07, 6.45) is -0.268. The summed E-state index contributed by atoms with van der Waals surface area (Å²) in [6, 6.07) is -5.40. The summed E-state index contributed by atoms with van der Waals surface area (Å²) < 4.78 is 0. The van der Waals surface area contributed by atoms with Gasteiger partial charge in [-0.3, -0.25) is 24.0 Å². The average Bonchev–Trinajstić information content (AvgIpc) is 2.74. The van der Waals surface area contributed by atoms with Crippen molar-refractivity contribution in [3.05, 3.63) is 0 Å². The summed E-state index contributed by atoms with van der Waals surface area (Å²) in [5.74, 6) is -6.88. The number of carboxylic acids is 3. The zero-order chi connectivity index (χ0) is 27.1. The number of amides is 3. The normalized spacial score (nSPS) is 14.3. The van der Waals surface area contributed by atoms with Gasteiger partial charge in [0.25, 0.3) is 0 Å². The highest BCUT2D eigenvalue weighted by Crippen LogP contribution is 2.08.